The molecule has 0 bridgehead atoms. The predicted octanol–water partition coefficient (Wildman–Crippen LogP) is 0.669. The molecule has 5 N–H and O–H groups in total. The molecule has 0 spiro atoms. The molecule has 9 heteroatoms. The third-order valence-electron chi connectivity index (χ3n) is 2.86. The molecule has 0 unspecified atom stereocenters. The molecule has 0 atom stereocenters. The smallest absolute Gasteiger partial charge is 0.271 e. The summed E-state index contributed by atoms with van der Waals surface area (Å²) in [5, 5.41) is 6.58. The van der Waals surface area contributed by atoms with E-state index in [1.54, 1.807) is 49.1 Å². The van der Waals surface area contributed by atoms with Gasteiger partial charge in [0.15, 0.2) is 0 Å². The van der Waals surface area contributed by atoms with Crippen LogP contribution in [0.2, 0.25) is 0 Å². The van der Waals surface area contributed by atoms with Crippen LogP contribution in [0.3, 0.4) is 0 Å². The molecule has 0 aliphatic rings. The van der Waals surface area contributed by atoms with Gasteiger partial charge in [-0.2, -0.15) is 15.0 Å². The Labute approximate surface area is 131 Å². The Kier molecular flexibility index (Phi) is 4.01. The molecule has 114 valence electrons. The zero-order valence-electron chi connectivity index (χ0n) is 12.0. The number of amidine groups is 2. The van der Waals surface area contributed by atoms with E-state index in [0.717, 1.165) is 11.1 Å². The number of hydrogen-bond donors (Lipinski definition) is 3. The van der Waals surface area contributed by atoms with Crippen LogP contribution in [0.4, 0.5) is 11.9 Å². The first-order valence-corrected chi connectivity index (χ1v) is 6.64. The lowest BCUT2D eigenvalue weighted by atomic mass is 10.2. The van der Waals surface area contributed by atoms with E-state index in [4.69, 9.17) is 11.5 Å². The monoisotopic (exact) mass is 307 g/mol. The molecule has 3 rings (SSSR count). The summed E-state index contributed by atoms with van der Waals surface area (Å²) in [7, 11) is 0. The van der Waals surface area contributed by atoms with Crippen LogP contribution in [0.25, 0.3) is 0 Å². The molecular formula is C14H13N9. The van der Waals surface area contributed by atoms with Crippen LogP contribution in [-0.2, 0) is 0 Å². The van der Waals surface area contributed by atoms with Crippen molar-refractivity contribution >= 4 is 23.6 Å². The molecule has 0 saturated heterocycles. The number of hydrogen-bond acceptors (Lipinski definition) is 6. The van der Waals surface area contributed by atoms with E-state index in [-0.39, 0.29) is 17.7 Å². The number of nitrogens with one attached hydrogen (secondary N) is 1. The maximum atomic E-state index is 5.90. The van der Waals surface area contributed by atoms with Gasteiger partial charge in [0, 0.05) is 35.9 Å². The average molecular weight is 307 g/mol. The highest BCUT2D eigenvalue weighted by molar-refractivity contribution is 5.99. The lowest BCUT2D eigenvalue weighted by Gasteiger charge is -1.97. The average Bonchev–Trinajstić information content (AvgIpc) is 3.03. The van der Waals surface area contributed by atoms with Gasteiger partial charge in [-0.05, 0) is 24.3 Å². The van der Waals surface area contributed by atoms with Gasteiger partial charge in [-0.3, -0.25) is 9.97 Å². The number of nitrogens with zero attached hydrogens (tertiary/aromatic N) is 6. The van der Waals surface area contributed by atoms with E-state index in [2.05, 4.69) is 35.1 Å². The second kappa shape index (κ2) is 6.43. The summed E-state index contributed by atoms with van der Waals surface area (Å²) in [5.74, 6) is 0.978. The zero-order valence-corrected chi connectivity index (χ0v) is 12.0. The molecule has 0 amide bonds. The maximum absolute atomic E-state index is 5.90. The molecule has 3 heterocycles. The highest BCUT2D eigenvalue weighted by atomic mass is 15.3. The van der Waals surface area contributed by atoms with Crippen molar-refractivity contribution in [1.82, 2.24) is 25.1 Å². The number of aromatic amines is 1. The van der Waals surface area contributed by atoms with Crippen molar-refractivity contribution in [3.63, 3.8) is 0 Å². The number of aromatic nitrogens is 5. The first-order chi connectivity index (χ1) is 11.2. The second-order valence-electron chi connectivity index (χ2n) is 4.42. The standard InChI is InChI=1S/C14H13N9/c15-11(9-1-5-17-6-2-9)19-13-21-14(23-22-13)20-12(16)10-3-7-18-8-4-10/h1-8H,(H5,15,16,19,20,21,22,23). The molecule has 0 saturated carbocycles. The van der Waals surface area contributed by atoms with Gasteiger partial charge in [-0.15, -0.1) is 5.10 Å². The lowest BCUT2D eigenvalue weighted by Crippen LogP contribution is -2.13. The fourth-order valence-electron chi connectivity index (χ4n) is 1.74. The molecule has 0 aromatic carbocycles. The van der Waals surface area contributed by atoms with Gasteiger partial charge in [0.05, 0.1) is 0 Å². The minimum absolute atomic E-state index is 0.167. The molecule has 3 aromatic heterocycles. The van der Waals surface area contributed by atoms with Crippen LogP contribution >= 0.6 is 0 Å². The normalized spacial score (nSPS) is 12.3. The van der Waals surface area contributed by atoms with Gasteiger partial charge in [0.25, 0.3) is 5.95 Å². The topological polar surface area (TPSA) is 144 Å². The van der Waals surface area contributed by atoms with Crippen molar-refractivity contribution in [1.29, 1.82) is 0 Å². The zero-order chi connectivity index (χ0) is 16.1. The maximum Gasteiger partial charge on any atom is 0.271 e. The van der Waals surface area contributed by atoms with Gasteiger partial charge in [-0.1, -0.05) is 0 Å². The van der Waals surface area contributed by atoms with E-state index < -0.39 is 0 Å². The molecule has 0 aliphatic carbocycles. The van der Waals surface area contributed by atoms with Crippen molar-refractivity contribution in [2.24, 2.45) is 21.5 Å². The van der Waals surface area contributed by atoms with Crippen LogP contribution in [0, 0.1) is 0 Å². The SMILES string of the molecule is N/C(=N\c1n[nH]c(/N=C(\N)c2ccncc2)n1)c1ccncc1. The fraction of sp³-hybridized carbons (Fsp3) is 0. The number of rotatable bonds is 4. The predicted molar refractivity (Wildman–Crippen MR) is 85.6 cm³/mol. The van der Waals surface area contributed by atoms with E-state index in [1.807, 2.05) is 0 Å². The lowest BCUT2D eigenvalue weighted by molar-refractivity contribution is 1.07. The Morgan fingerprint density at radius 3 is 1.91 bits per heavy atom. The first-order valence-electron chi connectivity index (χ1n) is 6.64. The number of H-pyrrole nitrogens is 1. The molecule has 0 aliphatic heterocycles. The van der Waals surface area contributed by atoms with Crippen molar-refractivity contribution < 1.29 is 0 Å². The molecule has 0 fully saturated rings. The molecular weight excluding hydrogens is 294 g/mol. The van der Waals surface area contributed by atoms with E-state index in [1.165, 1.54) is 0 Å². The van der Waals surface area contributed by atoms with Crippen LogP contribution in [0.1, 0.15) is 11.1 Å². The molecule has 0 radical (unpaired) electrons. The molecule has 3 aromatic rings. The second-order valence-corrected chi connectivity index (χ2v) is 4.42. The summed E-state index contributed by atoms with van der Waals surface area (Å²) in [6.45, 7) is 0. The Bertz CT molecular complexity index is 767. The van der Waals surface area contributed by atoms with Gasteiger partial charge in [-0.25, -0.2) is 5.10 Å². The summed E-state index contributed by atoms with van der Waals surface area (Å²) in [5.41, 5.74) is 13.2. The quantitative estimate of drug-likeness (QED) is 0.477. The molecule has 23 heavy (non-hydrogen) atoms. The summed E-state index contributed by atoms with van der Waals surface area (Å²) >= 11 is 0. The number of nitrogens with two attached hydrogens (primary N) is 2. The van der Waals surface area contributed by atoms with E-state index >= 15 is 0 Å². The third-order valence-corrected chi connectivity index (χ3v) is 2.86. The van der Waals surface area contributed by atoms with Crippen LogP contribution in [0.5, 0.6) is 0 Å². The van der Waals surface area contributed by atoms with Gasteiger partial charge in [0.1, 0.15) is 11.7 Å². The van der Waals surface area contributed by atoms with Crippen LogP contribution in [0.15, 0.2) is 59.0 Å². The highest BCUT2D eigenvalue weighted by Gasteiger charge is 2.05. The van der Waals surface area contributed by atoms with Crippen LogP contribution in [-0.4, -0.2) is 36.8 Å². The van der Waals surface area contributed by atoms with Gasteiger partial charge in [0.2, 0.25) is 5.95 Å². The van der Waals surface area contributed by atoms with Gasteiger partial charge < -0.3 is 11.5 Å². The summed E-state index contributed by atoms with van der Waals surface area (Å²) < 4.78 is 0. The van der Waals surface area contributed by atoms with Crippen molar-refractivity contribution in [2.75, 3.05) is 0 Å². The Balaban J connectivity index is 1.81. The van der Waals surface area contributed by atoms with Crippen LogP contribution < -0.4 is 11.5 Å². The van der Waals surface area contributed by atoms with Gasteiger partial charge >= 0.3 is 0 Å². The minimum atomic E-state index is 0.167. The Morgan fingerprint density at radius 2 is 1.35 bits per heavy atom. The minimum Gasteiger partial charge on any atom is -0.383 e. The summed E-state index contributed by atoms with van der Waals surface area (Å²) in [4.78, 5) is 20.2. The van der Waals surface area contributed by atoms with E-state index in [9.17, 15) is 0 Å². The van der Waals surface area contributed by atoms with Crippen molar-refractivity contribution in [3.05, 3.63) is 60.2 Å². The Hall–Kier alpha value is -3.62. The third kappa shape index (κ3) is 3.53. The first kappa shape index (κ1) is 14.3. The highest BCUT2D eigenvalue weighted by Crippen LogP contribution is 2.12. The largest absolute Gasteiger partial charge is 0.383 e. The van der Waals surface area contributed by atoms with Crippen molar-refractivity contribution in [2.45, 2.75) is 0 Å². The number of aliphatic imine (C=N–C) groups is 2. The summed E-state index contributed by atoms with van der Waals surface area (Å²) in [6, 6.07) is 6.98. The van der Waals surface area contributed by atoms with E-state index in [0.29, 0.717) is 5.84 Å². The Morgan fingerprint density at radius 1 is 0.826 bits per heavy atom. The molecule has 9 nitrogen and oxygen atoms in total. The summed E-state index contributed by atoms with van der Waals surface area (Å²) in [6.07, 6.45) is 6.51. The fourth-order valence-corrected chi connectivity index (χ4v) is 1.74. The van der Waals surface area contributed by atoms with Crippen molar-refractivity contribution in [3.8, 4) is 0 Å². The number of pyridine rings is 2.